The van der Waals surface area contributed by atoms with Crippen molar-refractivity contribution in [1.82, 2.24) is 15.1 Å². The van der Waals surface area contributed by atoms with Crippen LogP contribution in [0.4, 0.5) is 0 Å². The minimum atomic E-state index is -0.0299. The summed E-state index contributed by atoms with van der Waals surface area (Å²) in [6.07, 6.45) is 3.42. The molecule has 0 aromatic heterocycles. The van der Waals surface area contributed by atoms with Crippen molar-refractivity contribution in [3.63, 3.8) is 0 Å². The number of nitrogens with one attached hydrogen (secondary N) is 1. The second-order valence-electron chi connectivity index (χ2n) is 7.73. The van der Waals surface area contributed by atoms with E-state index in [4.69, 9.17) is 9.47 Å². The fourth-order valence-corrected chi connectivity index (χ4v) is 3.11. The molecule has 1 fully saturated rings. The molecule has 1 aromatic rings. The summed E-state index contributed by atoms with van der Waals surface area (Å²) in [7, 11) is 1.60. The number of hydrogen-bond acceptors (Lipinski definition) is 5. The van der Waals surface area contributed by atoms with Gasteiger partial charge in [-0.1, -0.05) is 6.07 Å². The van der Waals surface area contributed by atoms with Crippen LogP contribution < -0.4 is 14.8 Å². The lowest BCUT2D eigenvalue weighted by Gasteiger charge is -2.33. The monoisotopic (exact) mass is 403 g/mol. The molecular weight excluding hydrogens is 370 g/mol. The summed E-state index contributed by atoms with van der Waals surface area (Å²) in [5.41, 5.74) is 0.871. The standard InChI is InChI=1S/C22H33N3O4/c1-16(2)23-21(26)15-24-10-12-25(13-11-24)22(27)9-7-18-6-8-19(29-17(3)4)20(14-18)28-5/h6-9,14,16-17H,10-13,15H2,1-5H3,(H,23,26)/b9-7+. The van der Waals surface area contributed by atoms with Crippen LogP contribution >= 0.6 is 0 Å². The van der Waals surface area contributed by atoms with E-state index in [2.05, 4.69) is 10.2 Å². The Labute approximate surface area is 173 Å². The van der Waals surface area contributed by atoms with Gasteiger partial charge in [-0.15, -0.1) is 0 Å². The van der Waals surface area contributed by atoms with Gasteiger partial charge >= 0.3 is 0 Å². The van der Waals surface area contributed by atoms with Gasteiger partial charge in [0.2, 0.25) is 11.8 Å². The van der Waals surface area contributed by atoms with Crippen LogP contribution in [-0.4, -0.2) is 73.6 Å². The lowest BCUT2D eigenvalue weighted by atomic mass is 10.1. The van der Waals surface area contributed by atoms with E-state index >= 15 is 0 Å². The Morgan fingerprint density at radius 3 is 2.38 bits per heavy atom. The zero-order chi connectivity index (χ0) is 21.4. The first-order chi connectivity index (χ1) is 13.8. The molecule has 0 atom stereocenters. The molecule has 0 aliphatic carbocycles. The third-order valence-corrected chi connectivity index (χ3v) is 4.47. The van der Waals surface area contributed by atoms with Gasteiger partial charge in [0.25, 0.3) is 0 Å². The van der Waals surface area contributed by atoms with Crippen LogP contribution in [0.25, 0.3) is 6.08 Å². The summed E-state index contributed by atoms with van der Waals surface area (Å²) in [5.74, 6) is 1.32. The van der Waals surface area contributed by atoms with Crippen molar-refractivity contribution >= 4 is 17.9 Å². The minimum absolute atomic E-state index is 0.0264. The third kappa shape index (κ3) is 7.42. The fraction of sp³-hybridized carbons (Fsp3) is 0.545. The maximum absolute atomic E-state index is 12.5. The van der Waals surface area contributed by atoms with E-state index in [-0.39, 0.29) is 24.0 Å². The Bertz CT molecular complexity index is 723. The van der Waals surface area contributed by atoms with Crippen molar-refractivity contribution in [2.75, 3.05) is 39.8 Å². The van der Waals surface area contributed by atoms with Gasteiger partial charge in [-0.2, -0.15) is 0 Å². The van der Waals surface area contributed by atoms with Crippen LogP contribution in [0.5, 0.6) is 11.5 Å². The Kier molecular flexibility index (Phi) is 8.51. The Morgan fingerprint density at radius 1 is 1.10 bits per heavy atom. The van der Waals surface area contributed by atoms with Crippen LogP contribution in [0.1, 0.15) is 33.3 Å². The molecule has 0 bridgehead atoms. The number of carbonyl (C=O) groups excluding carboxylic acids is 2. The SMILES string of the molecule is COc1cc(/C=C/C(=O)N2CCN(CC(=O)NC(C)C)CC2)ccc1OC(C)C. The molecule has 1 aliphatic heterocycles. The lowest BCUT2D eigenvalue weighted by molar-refractivity contribution is -0.128. The topological polar surface area (TPSA) is 71.1 Å². The van der Waals surface area contributed by atoms with Crippen molar-refractivity contribution in [3.05, 3.63) is 29.8 Å². The van der Waals surface area contributed by atoms with Gasteiger partial charge in [-0.05, 0) is 51.5 Å². The number of amides is 2. The number of rotatable bonds is 8. The van der Waals surface area contributed by atoms with E-state index in [0.29, 0.717) is 44.2 Å². The number of piperazine rings is 1. The Hall–Kier alpha value is -2.54. The van der Waals surface area contributed by atoms with E-state index in [9.17, 15) is 9.59 Å². The molecular formula is C22H33N3O4. The molecule has 7 heteroatoms. The van der Waals surface area contributed by atoms with Crippen LogP contribution in [0.2, 0.25) is 0 Å². The molecule has 1 N–H and O–H groups in total. The molecule has 1 aliphatic rings. The van der Waals surface area contributed by atoms with Crippen molar-refractivity contribution in [3.8, 4) is 11.5 Å². The van der Waals surface area contributed by atoms with Gasteiger partial charge in [0.05, 0.1) is 19.8 Å². The first kappa shape index (κ1) is 22.7. The quantitative estimate of drug-likeness (QED) is 0.674. The summed E-state index contributed by atoms with van der Waals surface area (Å²) in [6.45, 7) is 10.8. The van der Waals surface area contributed by atoms with Crippen molar-refractivity contribution in [1.29, 1.82) is 0 Å². The van der Waals surface area contributed by atoms with E-state index in [0.717, 1.165) is 5.56 Å². The summed E-state index contributed by atoms with van der Waals surface area (Å²) in [4.78, 5) is 28.2. The molecule has 160 valence electrons. The van der Waals surface area contributed by atoms with Crippen LogP contribution in [0.3, 0.4) is 0 Å². The first-order valence-electron chi connectivity index (χ1n) is 10.1. The Morgan fingerprint density at radius 2 is 1.79 bits per heavy atom. The number of hydrogen-bond donors (Lipinski definition) is 1. The highest BCUT2D eigenvalue weighted by Crippen LogP contribution is 2.29. The molecule has 2 amide bonds. The smallest absolute Gasteiger partial charge is 0.246 e. The van der Waals surface area contributed by atoms with E-state index < -0.39 is 0 Å². The van der Waals surface area contributed by atoms with Gasteiger partial charge in [0.1, 0.15) is 0 Å². The molecule has 2 rings (SSSR count). The van der Waals surface area contributed by atoms with E-state index in [1.54, 1.807) is 24.2 Å². The maximum Gasteiger partial charge on any atom is 0.246 e. The second-order valence-corrected chi connectivity index (χ2v) is 7.73. The van der Waals surface area contributed by atoms with Gasteiger partial charge in [-0.25, -0.2) is 0 Å². The normalized spacial score (nSPS) is 15.2. The van der Waals surface area contributed by atoms with Gasteiger partial charge < -0.3 is 19.7 Å². The lowest BCUT2D eigenvalue weighted by Crippen LogP contribution is -2.51. The predicted molar refractivity (Wildman–Crippen MR) is 114 cm³/mol. The molecule has 0 radical (unpaired) electrons. The highest BCUT2D eigenvalue weighted by atomic mass is 16.5. The zero-order valence-corrected chi connectivity index (χ0v) is 18.1. The van der Waals surface area contributed by atoms with E-state index in [1.165, 1.54) is 0 Å². The van der Waals surface area contributed by atoms with Crippen molar-refractivity contribution < 1.29 is 19.1 Å². The summed E-state index contributed by atoms with van der Waals surface area (Å²) >= 11 is 0. The van der Waals surface area contributed by atoms with E-state index in [1.807, 2.05) is 45.9 Å². The largest absolute Gasteiger partial charge is 0.493 e. The predicted octanol–water partition coefficient (Wildman–Crippen LogP) is 2.16. The number of methoxy groups -OCH3 is 1. The second kappa shape index (κ2) is 10.9. The third-order valence-electron chi connectivity index (χ3n) is 4.47. The van der Waals surface area contributed by atoms with Crippen molar-refractivity contribution in [2.45, 2.75) is 39.8 Å². The first-order valence-corrected chi connectivity index (χ1v) is 10.1. The Balaban J connectivity index is 1.87. The summed E-state index contributed by atoms with van der Waals surface area (Å²) in [5, 5.41) is 2.89. The van der Waals surface area contributed by atoms with Crippen LogP contribution in [-0.2, 0) is 9.59 Å². The number of ether oxygens (including phenoxy) is 2. The average Bonchev–Trinajstić information content (AvgIpc) is 2.66. The molecule has 1 heterocycles. The number of benzene rings is 1. The molecule has 7 nitrogen and oxygen atoms in total. The number of carbonyl (C=O) groups is 2. The van der Waals surface area contributed by atoms with Gasteiger partial charge in [0.15, 0.2) is 11.5 Å². The maximum atomic E-state index is 12.5. The molecule has 1 aromatic carbocycles. The molecule has 29 heavy (non-hydrogen) atoms. The molecule has 0 saturated carbocycles. The molecule has 0 unspecified atom stereocenters. The summed E-state index contributed by atoms with van der Waals surface area (Å²) < 4.78 is 11.1. The van der Waals surface area contributed by atoms with Crippen LogP contribution in [0, 0.1) is 0 Å². The van der Waals surface area contributed by atoms with Gasteiger partial charge in [0, 0.05) is 38.3 Å². The average molecular weight is 404 g/mol. The van der Waals surface area contributed by atoms with Gasteiger partial charge in [-0.3, -0.25) is 14.5 Å². The molecule has 1 saturated heterocycles. The molecule has 0 spiro atoms. The minimum Gasteiger partial charge on any atom is -0.493 e. The summed E-state index contributed by atoms with van der Waals surface area (Å²) in [6, 6.07) is 5.74. The zero-order valence-electron chi connectivity index (χ0n) is 18.1. The highest BCUT2D eigenvalue weighted by molar-refractivity contribution is 5.92. The number of nitrogens with zero attached hydrogens (tertiary/aromatic N) is 2. The van der Waals surface area contributed by atoms with Crippen LogP contribution in [0.15, 0.2) is 24.3 Å². The fourth-order valence-electron chi connectivity index (χ4n) is 3.11. The van der Waals surface area contributed by atoms with Crippen molar-refractivity contribution in [2.24, 2.45) is 0 Å². The highest BCUT2D eigenvalue weighted by Gasteiger charge is 2.21.